The van der Waals surface area contributed by atoms with Crippen LogP contribution in [0.4, 0.5) is 11.6 Å². The summed E-state index contributed by atoms with van der Waals surface area (Å²) in [4.78, 5) is 18.5. The van der Waals surface area contributed by atoms with E-state index in [2.05, 4.69) is 102 Å². The summed E-state index contributed by atoms with van der Waals surface area (Å²) >= 11 is 0. The Bertz CT molecular complexity index is 1150. The van der Waals surface area contributed by atoms with Crippen molar-refractivity contribution in [3.05, 3.63) is 114 Å². The Morgan fingerprint density at radius 2 is 1.44 bits per heavy atom. The summed E-state index contributed by atoms with van der Waals surface area (Å²) in [6, 6.07) is 29.2. The number of hydrogen-bond acceptors (Lipinski definition) is 7. The fourth-order valence-corrected chi connectivity index (χ4v) is 4.56. The first-order chi connectivity index (χ1) is 17.8. The molecule has 0 bridgehead atoms. The molecule has 1 aliphatic heterocycles. The van der Waals surface area contributed by atoms with Gasteiger partial charge in [0, 0.05) is 58.1 Å². The first-order valence-electron chi connectivity index (χ1n) is 12.6. The van der Waals surface area contributed by atoms with Gasteiger partial charge < -0.3 is 10.3 Å². The molecule has 36 heavy (non-hydrogen) atoms. The molecule has 5 rings (SSSR count). The van der Waals surface area contributed by atoms with E-state index in [1.807, 2.05) is 24.4 Å². The molecule has 3 heterocycles. The second-order valence-corrected chi connectivity index (χ2v) is 9.14. The predicted octanol–water partition coefficient (Wildman–Crippen LogP) is 4.61. The summed E-state index contributed by atoms with van der Waals surface area (Å²) in [6.07, 6.45) is 4.62. The van der Waals surface area contributed by atoms with Crippen molar-refractivity contribution in [3.63, 3.8) is 0 Å². The van der Waals surface area contributed by atoms with Crippen LogP contribution in [0, 0.1) is 0 Å². The minimum absolute atomic E-state index is 0.765. The first-order valence-corrected chi connectivity index (χ1v) is 12.6. The van der Waals surface area contributed by atoms with Gasteiger partial charge in [0.05, 0.1) is 5.69 Å². The third-order valence-corrected chi connectivity index (χ3v) is 6.38. The van der Waals surface area contributed by atoms with Crippen LogP contribution in [0.3, 0.4) is 0 Å². The maximum atomic E-state index is 4.61. The third-order valence-electron chi connectivity index (χ3n) is 6.38. The molecule has 184 valence electrons. The van der Waals surface area contributed by atoms with Crippen LogP contribution >= 0.6 is 0 Å². The largest absolute Gasteiger partial charge is 0.355 e. The van der Waals surface area contributed by atoms with Crippen molar-refractivity contribution < 1.29 is 0 Å². The van der Waals surface area contributed by atoms with Gasteiger partial charge in [0.1, 0.15) is 18.0 Å². The SMILES string of the molecule is c1ccc(CN(Cc2ccccc2)Nc2cc(N3CCCN(Cc4ccccn4)CC3)ncn2)cc1. The Labute approximate surface area is 213 Å². The van der Waals surface area contributed by atoms with E-state index in [-0.39, 0.29) is 0 Å². The quantitative estimate of drug-likeness (QED) is 0.352. The highest BCUT2D eigenvalue weighted by Gasteiger charge is 2.18. The molecule has 4 aromatic rings. The lowest BCUT2D eigenvalue weighted by atomic mass is 10.2. The van der Waals surface area contributed by atoms with Gasteiger partial charge in [0.15, 0.2) is 0 Å². The lowest BCUT2D eigenvalue weighted by Crippen LogP contribution is -2.32. The molecular weight excluding hydrogens is 446 g/mol. The zero-order chi connectivity index (χ0) is 24.4. The van der Waals surface area contributed by atoms with E-state index in [1.165, 1.54) is 11.1 Å². The highest BCUT2D eigenvalue weighted by Crippen LogP contribution is 2.19. The van der Waals surface area contributed by atoms with E-state index < -0.39 is 0 Å². The summed E-state index contributed by atoms with van der Waals surface area (Å²) in [5.41, 5.74) is 7.16. The average molecular weight is 480 g/mol. The van der Waals surface area contributed by atoms with Crippen LogP contribution in [-0.4, -0.2) is 51.0 Å². The molecule has 0 aliphatic carbocycles. The maximum Gasteiger partial charge on any atom is 0.145 e. The highest BCUT2D eigenvalue weighted by atomic mass is 15.5. The number of hydrogen-bond donors (Lipinski definition) is 1. The fraction of sp³-hybridized carbons (Fsp3) is 0.276. The topological polar surface area (TPSA) is 60.4 Å². The minimum Gasteiger partial charge on any atom is -0.355 e. The van der Waals surface area contributed by atoms with Crippen molar-refractivity contribution in [2.45, 2.75) is 26.1 Å². The molecule has 1 fully saturated rings. The molecule has 0 radical (unpaired) electrons. The number of hydrazine groups is 1. The van der Waals surface area contributed by atoms with E-state index in [4.69, 9.17) is 0 Å². The van der Waals surface area contributed by atoms with Gasteiger partial charge in [-0.15, -0.1) is 0 Å². The number of aromatic nitrogens is 3. The van der Waals surface area contributed by atoms with Crippen LogP contribution in [0.5, 0.6) is 0 Å². The predicted molar refractivity (Wildman–Crippen MR) is 144 cm³/mol. The smallest absolute Gasteiger partial charge is 0.145 e. The van der Waals surface area contributed by atoms with E-state index in [0.717, 1.165) is 69.6 Å². The molecule has 0 saturated carbocycles. The van der Waals surface area contributed by atoms with Gasteiger partial charge in [-0.1, -0.05) is 66.7 Å². The van der Waals surface area contributed by atoms with E-state index >= 15 is 0 Å². The molecule has 0 spiro atoms. The van der Waals surface area contributed by atoms with E-state index in [1.54, 1.807) is 6.33 Å². The summed E-state index contributed by atoms with van der Waals surface area (Å²) in [5.74, 6) is 1.77. The molecule has 1 N–H and O–H groups in total. The van der Waals surface area contributed by atoms with Gasteiger partial charge >= 0.3 is 0 Å². The van der Waals surface area contributed by atoms with Crippen molar-refractivity contribution in [1.29, 1.82) is 0 Å². The van der Waals surface area contributed by atoms with E-state index in [9.17, 15) is 0 Å². The molecule has 7 nitrogen and oxygen atoms in total. The van der Waals surface area contributed by atoms with E-state index in [0.29, 0.717) is 0 Å². The molecule has 1 saturated heterocycles. The third kappa shape index (κ3) is 6.87. The lowest BCUT2D eigenvalue weighted by molar-refractivity contribution is 0.282. The summed E-state index contributed by atoms with van der Waals surface area (Å²) in [7, 11) is 0. The molecule has 7 heteroatoms. The second kappa shape index (κ2) is 12.2. The maximum absolute atomic E-state index is 4.61. The van der Waals surface area contributed by atoms with Gasteiger partial charge in [-0.25, -0.2) is 15.0 Å². The number of benzene rings is 2. The van der Waals surface area contributed by atoms with Crippen LogP contribution in [0.1, 0.15) is 23.2 Å². The number of nitrogens with one attached hydrogen (secondary N) is 1. The van der Waals surface area contributed by atoms with Crippen LogP contribution in [-0.2, 0) is 19.6 Å². The van der Waals surface area contributed by atoms with Crippen molar-refractivity contribution in [2.24, 2.45) is 0 Å². The summed E-state index contributed by atoms with van der Waals surface area (Å²) in [5, 5.41) is 2.20. The highest BCUT2D eigenvalue weighted by molar-refractivity contribution is 5.48. The van der Waals surface area contributed by atoms with Gasteiger partial charge in [-0.2, -0.15) is 0 Å². The number of pyridine rings is 1. The number of anilines is 2. The Morgan fingerprint density at radius 3 is 2.14 bits per heavy atom. The van der Waals surface area contributed by atoms with Crippen molar-refractivity contribution in [2.75, 3.05) is 36.5 Å². The van der Waals surface area contributed by atoms with Gasteiger partial charge in [-0.05, 0) is 29.7 Å². The minimum atomic E-state index is 0.765. The molecule has 0 atom stereocenters. The second-order valence-electron chi connectivity index (χ2n) is 9.14. The molecule has 0 amide bonds. The normalized spacial score (nSPS) is 14.5. The Kier molecular flexibility index (Phi) is 8.13. The van der Waals surface area contributed by atoms with Crippen LogP contribution in [0.15, 0.2) is 97.5 Å². The van der Waals surface area contributed by atoms with Gasteiger partial charge in [0.2, 0.25) is 0 Å². The average Bonchev–Trinajstić information content (AvgIpc) is 3.16. The van der Waals surface area contributed by atoms with Crippen LogP contribution in [0.2, 0.25) is 0 Å². The lowest BCUT2D eigenvalue weighted by Gasteiger charge is -2.26. The Morgan fingerprint density at radius 1 is 0.722 bits per heavy atom. The van der Waals surface area contributed by atoms with Crippen LogP contribution in [0.25, 0.3) is 0 Å². The van der Waals surface area contributed by atoms with Gasteiger partial charge in [-0.3, -0.25) is 9.88 Å². The number of nitrogens with zero attached hydrogens (tertiary/aromatic N) is 6. The first kappa shape index (κ1) is 23.9. The summed E-state index contributed by atoms with van der Waals surface area (Å²) in [6.45, 7) is 6.37. The summed E-state index contributed by atoms with van der Waals surface area (Å²) < 4.78 is 0. The molecular formula is C29H33N7. The molecule has 2 aromatic carbocycles. The van der Waals surface area contributed by atoms with Crippen molar-refractivity contribution >= 4 is 11.6 Å². The van der Waals surface area contributed by atoms with Crippen LogP contribution < -0.4 is 10.3 Å². The molecule has 1 aliphatic rings. The zero-order valence-corrected chi connectivity index (χ0v) is 20.6. The molecule has 2 aromatic heterocycles. The fourth-order valence-electron chi connectivity index (χ4n) is 4.56. The monoisotopic (exact) mass is 479 g/mol. The van der Waals surface area contributed by atoms with Crippen molar-refractivity contribution in [1.82, 2.24) is 24.9 Å². The Hall–Kier alpha value is -3.81. The number of rotatable bonds is 9. The van der Waals surface area contributed by atoms with Gasteiger partial charge in [0.25, 0.3) is 0 Å². The zero-order valence-electron chi connectivity index (χ0n) is 20.6. The van der Waals surface area contributed by atoms with Crippen molar-refractivity contribution in [3.8, 4) is 0 Å². The Balaban J connectivity index is 1.25. The molecule has 0 unspecified atom stereocenters. The standard InChI is InChI=1S/C29H33N7/c1-3-10-25(11-4-1)21-36(22-26-12-5-2-6-13-26)33-28-20-29(32-24-31-28)35-17-9-16-34(18-19-35)23-27-14-7-8-15-30-27/h1-8,10-15,20,24H,9,16-19,21-23H2,(H,31,32,33).